The minimum Gasteiger partial charge on any atom is -0.506 e. The van der Waals surface area contributed by atoms with Crippen molar-refractivity contribution >= 4 is 32.6 Å². The summed E-state index contributed by atoms with van der Waals surface area (Å²) in [6, 6.07) is 11.2. The van der Waals surface area contributed by atoms with Crippen LogP contribution in [-0.4, -0.2) is 33.8 Å². The van der Waals surface area contributed by atoms with Crippen molar-refractivity contribution in [2.45, 2.75) is 17.7 Å². The number of phenols is 1. The fourth-order valence-electron chi connectivity index (χ4n) is 2.65. The average molecular weight is 334 g/mol. The first-order valence-electron chi connectivity index (χ1n) is 6.81. The van der Waals surface area contributed by atoms with Crippen LogP contribution in [0.1, 0.15) is 23.2 Å². The number of nitrogens with zero attached hydrogens (tertiary/aromatic N) is 1. The number of fused-ring (bicyclic) bond motifs is 1. The summed E-state index contributed by atoms with van der Waals surface area (Å²) >= 11 is 3.58. The Hall–Kier alpha value is -1.55. The molecular formula is C16H16BrNO2. The van der Waals surface area contributed by atoms with Crippen molar-refractivity contribution in [1.29, 1.82) is 0 Å². The molecule has 0 radical (unpaired) electrons. The van der Waals surface area contributed by atoms with Crippen LogP contribution in [-0.2, 0) is 0 Å². The Morgan fingerprint density at radius 2 is 1.85 bits per heavy atom. The van der Waals surface area contributed by atoms with Gasteiger partial charge in [0.1, 0.15) is 5.75 Å². The lowest BCUT2D eigenvalue weighted by Crippen LogP contribution is -2.38. The van der Waals surface area contributed by atoms with E-state index >= 15 is 0 Å². The van der Waals surface area contributed by atoms with Gasteiger partial charge in [-0.2, -0.15) is 0 Å². The van der Waals surface area contributed by atoms with E-state index in [2.05, 4.69) is 15.9 Å². The number of alkyl halides is 1. The molecular weight excluding hydrogens is 318 g/mol. The van der Waals surface area contributed by atoms with Gasteiger partial charge in [-0.25, -0.2) is 0 Å². The number of hydrogen-bond acceptors (Lipinski definition) is 2. The highest BCUT2D eigenvalue weighted by atomic mass is 79.9. The summed E-state index contributed by atoms with van der Waals surface area (Å²) in [6.45, 7) is 1.47. The van der Waals surface area contributed by atoms with E-state index in [-0.39, 0.29) is 11.7 Å². The highest BCUT2D eigenvalue weighted by molar-refractivity contribution is 9.09. The maximum Gasteiger partial charge on any atom is 0.257 e. The van der Waals surface area contributed by atoms with E-state index in [0.717, 1.165) is 36.7 Å². The molecule has 2 aromatic carbocycles. The van der Waals surface area contributed by atoms with Crippen LogP contribution in [0.2, 0.25) is 0 Å². The third-order valence-corrected chi connectivity index (χ3v) is 4.76. The van der Waals surface area contributed by atoms with Gasteiger partial charge in [-0.1, -0.05) is 46.3 Å². The molecule has 0 aliphatic carbocycles. The van der Waals surface area contributed by atoms with Crippen LogP contribution in [0.3, 0.4) is 0 Å². The van der Waals surface area contributed by atoms with Crippen molar-refractivity contribution in [2.75, 3.05) is 13.1 Å². The number of benzene rings is 2. The number of hydrogen-bond donors (Lipinski definition) is 1. The molecule has 1 amide bonds. The maximum absolute atomic E-state index is 12.5. The number of amides is 1. The van der Waals surface area contributed by atoms with Crippen LogP contribution < -0.4 is 0 Å². The number of rotatable bonds is 1. The molecule has 1 saturated heterocycles. The maximum atomic E-state index is 12.5. The molecule has 0 bridgehead atoms. The van der Waals surface area contributed by atoms with Gasteiger partial charge in [0.25, 0.3) is 5.91 Å². The van der Waals surface area contributed by atoms with Crippen molar-refractivity contribution in [3.63, 3.8) is 0 Å². The normalized spacial score (nSPS) is 16.6. The van der Waals surface area contributed by atoms with Gasteiger partial charge in [0.2, 0.25) is 0 Å². The van der Waals surface area contributed by atoms with Crippen molar-refractivity contribution in [3.05, 3.63) is 42.0 Å². The SMILES string of the molecule is O=C(c1ccc2ccccc2c1O)N1CCC(Br)CC1. The third kappa shape index (κ3) is 2.40. The van der Waals surface area contributed by atoms with Gasteiger partial charge in [-0.15, -0.1) is 0 Å². The molecule has 1 aliphatic heterocycles. The molecule has 0 aromatic heterocycles. The molecule has 0 unspecified atom stereocenters. The first-order chi connectivity index (χ1) is 9.66. The second kappa shape index (κ2) is 5.44. The predicted molar refractivity (Wildman–Crippen MR) is 83.5 cm³/mol. The number of likely N-dealkylation sites (tertiary alicyclic amines) is 1. The summed E-state index contributed by atoms with van der Waals surface area (Å²) in [5.41, 5.74) is 0.400. The lowest BCUT2D eigenvalue weighted by molar-refractivity contribution is 0.0725. The molecule has 3 rings (SSSR count). The first kappa shape index (κ1) is 13.4. The summed E-state index contributed by atoms with van der Waals surface area (Å²) in [7, 11) is 0. The topological polar surface area (TPSA) is 40.5 Å². The molecule has 1 heterocycles. The minimum atomic E-state index is -0.0762. The Bertz CT molecular complexity index is 648. The monoisotopic (exact) mass is 333 g/mol. The standard InChI is InChI=1S/C16H16BrNO2/c17-12-7-9-18(10-8-12)16(20)14-6-5-11-3-1-2-4-13(11)15(14)19/h1-6,12,19H,7-10H2. The molecule has 4 heteroatoms. The lowest BCUT2D eigenvalue weighted by atomic mass is 10.0. The summed E-state index contributed by atoms with van der Waals surface area (Å²) in [6.07, 6.45) is 1.92. The summed E-state index contributed by atoms with van der Waals surface area (Å²) in [5.74, 6) is 0.0155. The van der Waals surface area contributed by atoms with Crippen molar-refractivity contribution in [2.24, 2.45) is 0 Å². The van der Waals surface area contributed by atoms with Crippen LogP contribution in [0.25, 0.3) is 10.8 Å². The van der Waals surface area contributed by atoms with Gasteiger partial charge in [0.15, 0.2) is 0 Å². The van der Waals surface area contributed by atoms with E-state index < -0.39 is 0 Å². The van der Waals surface area contributed by atoms with E-state index in [1.54, 1.807) is 6.07 Å². The Morgan fingerprint density at radius 3 is 2.60 bits per heavy atom. The van der Waals surface area contributed by atoms with Crippen LogP contribution in [0.5, 0.6) is 5.75 Å². The zero-order valence-electron chi connectivity index (χ0n) is 11.1. The van der Waals surface area contributed by atoms with Crippen LogP contribution >= 0.6 is 15.9 Å². The van der Waals surface area contributed by atoms with Crippen molar-refractivity contribution in [3.8, 4) is 5.75 Å². The molecule has 2 aromatic rings. The quantitative estimate of drug-likeness (QED) is 0.811. The fourth-order valence-corrected chi connectivity index (χ4v) is 3.06. The third-order valence-electron chi connectivity index (χ3n) is 3.84. The van der Waals surface area contributed by atoms with E-state index in [0.29, 0.717) is 10.4 Å². The minimum absolute atomic E-state index is 0.0762. The molecule has 3 nitrogen and oxygen atoms in total. The number of aromatic hydroxyl groups is 1. The van der Waals surface area contributed by atoms with E-state index in [9.17, 15) is 9.90 Å². The van der Waals surface area contributed by atoms with Gasteiger partial charge < -0.3 is 10.0 Å². The van der Waals surface area contributed by atoms with Gasteiger partial charge in [-0.3, -0.25) is 4.79 Å². The smallest absolute Gasteiger partial charge is 0.257 e. The average Bonchev–Trinajstić information content (AvgIpc) is 2.48. The molecule has 1 N–H and O–H groups in total. The molecule has 0 saturated carbocycles. The van der Waals surface area contributed by atoms with Gasteiger partial charge in [0, 0.05) is 23.3 Å². The Morgan fingerprint density at radius 1 is 1.15 bits per heavy atom. The summed E-state index contributed by atoms with van der Waals surface area (Å²) < 4.78 is 0. The van der Waals surface area contributed by atoms with E-state index in [1.165, 1.54) is 0 Å². The van der Waals surface area contributed by atoms with E-state index in [4.69, 9.17) is 0 Å². The number of halogens is 1. The number of piperidine rings is 1. The highest BCUT2D eigenvalue weighted by Crippen LogP contribution is 2.30. The van der Waals surface area contributed by atoms with Crippen LogP contribution in [0.15, 0.2) is 36.4 Å². The molecule has 0 atom stereocenters. The Kier molecular flexibility index (Phi) is 3.66. The second-order valence-corrected chi connectivity index (χ2v) is 6.44. The Balaban J connectivity index is 1.94. The molecule has 1 fully saturated rings. The second-order valence-electron chi connectivity index (χ2n) is 5.15. The van der Waals surface area contributed by atoms with Gasteiger partial charge in [-0.05, 0) is 24.3 Å². The molecule has 0 spiro atoms. The zero-order chi connectivity index (χ0) is 14.1. The van der Waals surface area contributed by atoms with Gasteiger partial charge in [0.05, 0.1) is 5.56 Å². The van der Waals surface area contributed by atoms with E-state index in [1.807, 2.05) is 35.2 Å². The highest BCUT2D eigenvalue weighted by Gasteiger charge is 2.24. The van der Waals surface area contributed by atoms with Crippen LogP contribution in [0.4, 0.5) is 0 Å². The molecule has 104 valence electrons. The number of carbonyl (C=O) groups is 1. The predicted octanol–water partition coefficient (Wildman–Crippen LogP) is 3.54. The first-order valence-corrected chi connectivity index (χ1v) is 7.72. The van der Waals surface area contributed by atoms with Crippen molar-refractivity contribution in [1.82, 2.24) is 4.90 Å². The van der Waals surface area contributed by atoms with Gasteiger partial charge >= 0.3 is 0 Å². The summed E-state index contributed by atoms with van der Waals surface area (Å²) in [5, 5.41) is 12.0. The fraction of sp³-hybridized carbons (Fsp3) is 0.312. The largest absolute Gasteiger partial charge is 0.506 e. The number of carbonyl (C=O) groups excluding carboxylic acids is 1. The summed E-state index contributed by atoms with van der Waals surface area (Å²) in [4.78, 5) is 14.8. The van der Waals surface area contributed by atoms with Crippen LogP contribution in [0, 0.1) is 0 Å². The molecule has 20 heavy (non-hydrogen) atoms. The Labute approximate surface area is 126 Å². The number of phenolic OH excluding ortho intramolecular Hbond substituents is 1. The van der Waals surface area contributed by atoms with Crippen molar-refractivity contribution < 1.29 is 9.90 Å². The lowest BCUT2D eigenvalue weighted by Gasteiger charge is -2.29. The zero-order valence-corrected chi connectivity index (χ0v) is 12.6. The molecule has 1 aliphatic rings.